The van der Waals surface area contributed by atoms with E-state index in [1.54, 1.807) is 11.3 Å². The van der Waals surface area contributed by atoms with Crippen molar-refractivity contribution in [3.63, 3.8) is 0 Å². The molecular weight excluding hydrogens is 352 g/mol. The summed E-state index contributed by atoms with van der Waals surface area (Å²) in [4.78, 5) is 17.3. The Morgan fingerprint density at radius 1 is 1.12 bits per heavy atom. The first-order valence-corrected chi connectivity index (χ1v) is 9.53. The number of hydrogen-bond donors (Lipinski definition) is 2. The van der Waals surface area contributed by atoms with Crippen LogP contribution in [0.3, 0.4) is 0 Å². The van der Waals surface area contributed by atoms with Crippen molar-refractivity contribution in [2.24, 2.45) is 0 Å². The Labute approximate surface area is 156 Å². The second-order valence-electron chi connectivity index (χ2n) is 6.01. The maximum absolute atomic E-state index is 11.9. The van der Waals surface area contributed by atoms with Crippen LogP contribution in [0.5, 0.6) is 0 Å². The highest BCUT2D eigenvalue weighted by molar-refractivity contribution is 7.15. The van der Waals surface area contributed by atoms with Gasteiger partial charge in [-0.05, 0) is 49.2 Å². The van der Waals surface area contributed by atoms with E-state index < -0.39 is 0 Å². The fourth-order valence-electron chi connectivity index (χ4n) is 2.73. The van der Waals surface area contributed by atoms with Gasteiger partial charge in [-0.25, -0.2) is 0 Å². The first-order chi connectivity index (χ1) is 12.1. The molecule has 0 aliphatic carbocycles. The Morgan fingerprint density at radius 2 is 1.88 bits per heavy atom. The van der Waals surface area contributed by atoms with Crippen LogP contribution in [-0.2, 0) is 19.5 Å². The van der Waals surface area contributed by atoms with Gasteiger partial charge in [0.2, 0.25) is 0 Å². The molecule has 0 bridgehead atoms. The number of H-pyrrole nitrogens is 1. The maximum atomic E-state index is 11.9. The number of aromatic amines is 1. The van der Waals surface area contributed by atoms with Gasteiger partial charge in [-0.3, -0.25) is 4.79 Å². The molecule has 25 heavy (non-hydrogen) atoms. The normalized spacial score (nSPS) is 11.0. The third kappa shape index (κ3) is 4.40. The summed E-state index contributed by atoms with van der Waals surface area (Å²) in [7, 11) is 0. The molecule has 0 saturated heterocycles. The lowest BCUT2D eigenvalue weighted by Gasteiger charge is -2.06. The number of pyridine rings is 1. The molecule has 0 radical (unpaired) electrons. The second kappa shape index (κ2) is 8.00. The molecule has 0 saturated carbocycles. The number of halogens is 1. The van der Waals surface area contributed by atoms with E-state index in [1.165, 1.54) is 15.3 Å². The lowest BCUT2D eigenvalue weighted by Crippen LogP contribution is -2.13. The molecule has 2 heterocycles. The average molecular weight is 373 g/mol. The fraction of sp³-hybridized carbons (Fsp3) is 0.250. The van der Waals surface area contributed by atoms with Crippen molar-refractivity contribution >= 4 is 22.9 Å². The lowest BCUT2D eigenvalue weighted by atomic mass is 10.1. The van der Waals surface area contributed by atoms with Crippen molar-refractivity contribution in [1.82, 2.24) is 10.3 Å². The molecule has 0 atom stereocenters. The summed E-state index contributed by atoms with van der Waals surface area (Å²) in [5, 5.41) is 4.22. The van der Waals surface area contributed by atoms with Gasteiger partial charge in [0.1, 0.15) is 0 Å². The zero-order valence-corrected chi connectivity index (χ0v) is 15.9. The minimum atomic E-state index is 0.0187. The van der Waals surface area contributed by atoms with Gasteiger partial charge in [-0.15, -0.1) is 11.3 Å². The standard InChI is InChI=1S/C20H21ClN2OS/c1-3-15-10-18(13(2)23-20(15)24)19-9-8-17(25-19)12-22-11-14-4-6-16(21)7-5-14/h4-10,22H,3,11-12H2,1-2H3,(H,23,24). The summed E-state index contributed by atoms with van der Waals surface area (Å²) in [5.41, 5.74) is 4.10. The molecular formula is C20H21ClN2OS. The smallest absolute Gasteiger partial charge is 0.251 e. The highest BCUT2D eigenvalue weighted by Crippen LogP contribution is 2.30. The molecule has 0 fully saturated rings. The molecule has 0 spiro atoms. The summed E-state index contributed by atoms with van der Waals surface area (Å²) < 4.78 is 0. The predicted octanol–water partition coefficient (Wildman–Crippen LogP) is 4.92. The molecule has 2 aromatic heterocycles. The highest BCUT2D eigenvalue weighted by atomic mass is 35.5. The van der Waals surface area contributed by atoms with Gasteiger partial charge in [-0.1, -0.05) is 30.7 Å². The molecule has 0 amide bonds. The van der Waals surface area contributed by atoms with Crippen molar-refractivity contribution in [2.45, 2.75) is 33.4 Å². The van der Waals surface area contributed by atoms with Gasteiger partial charge in [-0.2, -0.15) is 0 Å². The van der Waals surface area contributed by atoms with Gasteiger partial charge in [0, 0.05) is 44.7 Å². The maximum Gasteiger partial charge on any atom is 0.251 e. The largest absolute Gasteiger partial charge is 0.326 e. The monoisotopic (exact) mass is 372 g/mol. The van der Waals surface area contributed by atoms with Crippen molar-refractivity contribution in [1.29, 1.82) is 0 Å². The average Bonchev–Trinajstić information content (AvgIpc) is 3.05. The first kappa shape index (κ1) is 17.9. The van der Waals surface area contributed by atoms with Crippen molar-refractivity contribution in [3.8, 4) is 10.4 Å². The van der Waals surface area contributed by atoms with Crippen LogP contribution < -0.4 is 10.9 Å². The van der Waals surface area contributed by atoms with E-state index in [1.807, 2.05) is 44.2 Å². The highest BCUT2D eigenvalue weighted by Gasteiger charge is 2.09. The second-order valence-corrected chi connectivity index (χ2v) is 7.62. The van der Waals surface area contributed by atoms with Crippen LogP contribution in [0.2, 0.25) is 5.02 Å². The number of nitrogens with one attached hydrogen (secondary N) is 2. The topological polar surface area (TPSA) is 44.9 Å². The Bertz CT molecular complexity index is 912. The zero-order chi connectivity index (χ0) is 17.8. The van der Waals surface area contributed by atoms with Crippen molar-refractivity contribution < 1.29 is 0 Å². The van der Waals surface area contributed by atoms with E-state index in [0.29, 0.717) is 0 Å². The van der Waals surface area contributed by atoms with Crippen LogP contribution in [0.1, 0.15) is 28.6 Å². The Kier molecular flexibility index (Phi) is 5.74. The molecule has 0 aliphatic rings. The van der Waals surface area contributed by atoms with Gasteiger partial charge >= 0.3 is 0 Å². The minimum Gasteiger partial charge on any atom is -0.326 e. The van der Waals surface area contributed by atoms with Crippen molar-refractivity contribution in [3.05, 3.63) is 79.5 Å². The molecule has 130 valence electrons. The van der Waals surface area contributed by atoms with E-state index in [-0.39, 0.29) is 5.56 Å². The van der Waals surface area contributed by atoms with E-state index in [4.69, 9.17) is 11.6 Å². The summed E-state index contributed by atoms with van der Waals surface area (Å²) >= 11 is 7.66. The fourth-order valence-corrected chi connectivity index (χ4v) is 3.91. The van der Waals surface area contributed by atoms with Crippen molar-refractivity contribution in [2.75, 3.05) is 0 Å². The van der Waals surface area contributed by atoms with Gasteiger partial charge < -0.3 is 10.3 Å². The van der Waals surface area contributed by atoms with Gasteiger partial charge in [0.15, 0.2) is 0 Å². The van der Waals surface area contributed by atoms with E-state index in [9.17, 15) is 4.79 Å². The third-order valence-corrected chi connectivity index (χ3v) is 5.54. The molecule has 3 nitrogen and oxygen atoms in total. The zero-order valence-electron chi connectivity index (χ0n) is 14.4. The summed E-state index contributed by atoms with van der Waals surface area (Å²) in [6, 6.07) is 14.2. The quantitative estimate of drug-likeness (QED) is 0.645. The number of benzene rings is 1. The van der Waals surface area contributed by atoms with Crippen LogP contribution in [0.15, 0.2) is 47.3 Å². The minimum absolute atomic E-state index is 0.0187. The molecule has 2 N–H and O–H groups in total. The van der Waals surface area contributed by atoms with E-state index in [0.717, 1.165) is 41.4 Å². The summed E-state index contributed by atoms with van der Waals surface area (Å²) in [6.45, 7) is 5.58. The molecule has 3 rings (SSSR count). The number of hydrogen-bond acceptors (Lipinski definition) is 3. The molecule has 3 aromatic rings. The van der Waals surface area contributed by atoms with Crippen LogP contribution in [-0.4, -0.2) is 4.98 Å². The van der Waals surface area contributed by atoms with Crippen LogP contribution in [0, 0.1) is 6.92 Å². The van der Waals surface area contributed by atoms with E-state index in [2.05, 4.69) is 22.4 Å². The number of aromatic nitrogens is 1. The van der Waals surface area contributed by atoms with E-state index >= 15 is 0 Å². The summed E-state index contributed by atoms with van der Waals surface area (Å²) in [6.07, 6.45) is 0.740. The Balaban J connectivity index is 1.68. The number of aryl methyl sites for hydroxylation is 2. The van der Waals surface area contributed by atoms with Crippen LogP contribution in [0.4, 0.5) is 0 Å². The Morgan fingerprint density at radius 3 is 2.60 bits per heavy atom. The van der Waals surface area contributed by atoms with Gasteiger partial charge in [0.05, 0.1) is 0 Å². The van der Waals surface area contributed by atoms with Gasteiger partial charge in [0.25, 0.3) is 5.56 Å². The Hall–Kier alpha value is -1.88. The van der Waals surface area contributed by atoms with Crippen LogP contribution >= 0.6 is 22.9 Å². The molecule has 5 heteroatoms. The molecule has 0 unspecified atom stereocenters. The predicted molar refractivity (Wildman–Crippen MR) is 106 cm³/mol. The number of rotatable bonds is 6. The number of thiophene rings is 1. The molecule has 1 aromatic carbocycles. The third-order valence-electron chi connectivity index (χ3n) is 4.16. The van der Waals surface area contributed by atoms with Crippen LogP contribution in [0.25, 0.3) is 10.4 Å². The molecule has 0 aliphatic heterocycles. The first-order valence-electron chi connectivity index (χ1n) is 8.34. The SMILES string of the molecule is CCc1cc(-c2ccc(CNCc3ccc(Cl)cc3)s2)c(C)[nH]c1=O. The summed E-state index contributed by atoms with van der Waals surface area (Å²) in [5.74, 6) is 0. The lowest BCUT2D eigenvalue weighted by molar-refractivity contribution is 0.701.